The number of Topliss-reactive ketones (excluding diaryl/α,β-unsaturated/α-hetero) is 1. The Balaban J connectivity index is 2.15. The third-order valence-electron chi connectivity index (χ3n) is 2.78. The highest BCUT2D eigenvalue weighted by Crippen LogP contribution is 2.20. The fourth-order valence-electron chi connectivity index (χ4n) is 1.88. The van der Waals surface area contributed by atoms with E-state index in [0.717, 1.165) is 11.1 Å². The summed E-state index contributed by atoms with van der Waals surface area (Å²) in [7, 11) is 0. The second-order valence-corrected chi connectivity index (χ2v) is 4.16. The van der Waals surface area contributed by atoms with Crippen LogP contribution < -0.4 is 5.69 Å². The van der Waals surface area contributed by atoms with Gasteiger partial charge in [0.2, 0.25) is 0 Å². The molecule has 2 heterocycles. The minimum Gasteiger partial charge on any atom is -0.306 e. The first-order valence-electron chi connectivity index (χ1n) is 5.70. The fraction of sp³-hybridized carbons (Fsp3) is 0.0769. The molecule has 1 aromatic carbocycles. The largest absolute Gasteiger partial charge is 0.323 e. The maximum Gasteiger partial charge on any atom is 0.323 e. The summed E-state index contributed by atoms with van der Waals surface area (Å²) in [5.74, 6) is -0.00172. The van der Waals surface area contributed by atoms with E-state index in [9.17, 15) is 9.59 Å². The van der Waals surface area contributed by atoms with Gasteiger partial charge in [0.1, 0.15) is 0 Å². The summed E-state index contributed by atoms with van der Waals surface area (Å²) >= 11 is 0. The monoisotopic (exact) mass is 254 g/mol. The van der Waals surface area contributed by atoms with E-state index in [1.54, 1.807) is 24.4 Å². The first-order chi connectivity index (χ1) is 9.13. The molecular weight excluding hydrogens is 244 g/mol. The lowest BCUT2D eigenvalue weighted by atomic mass is 10.1. The van der Waals surface area contributed by atoms with E-state index in [0.29, 0.717) is 11.2 Å². The molecule has 0 fully saturated rings. The standard InChI is InChI=1S/C13H10N4O2/c1-7(18)12-14-5-4-9(15-12)8-2-3-10-11(6-8)17-13(19)16-10/h2-6H,1H3,(H2,16,17,19). The van der Waals surface area contributed by atoms with Gasteiger partial charge in [-0.3, -0.25) is 4.79 Å². The Kier molecular flexibility index (Phi) is 2.49. The van der Waals surface area contributed by atoms with Crippen LogP contribution in [0.2, 0.25) is 0 Å². The summed E-state index contributed by atoms with van der Waals surface area (Å²) in [6.45, 7) is 1.42. The van der Waals surface area contributed by atoms with Gasteiger partial charge in [0.15, 0.2) is 11.6 Å². The average molecular weight is 254 g/mol. The van der Waals surface area contributed by atoms with Crippen molar-refractivity contribution in [2.75, 3.05) is 0 Å². The third-order valence-corrected chi connectivity index (χ3v) is 2.78. The summed E-state index contributed by atoms with van der Waals surface area (Å²) in [6, 6.07) is 7.15. The Morgan fingerprint density at radius 2 is 1.95 bits per heavy atom. The molecule has 0 amide bonds. The van der Waals surface area contributed by atoms with E-state index in [-0.39, 0.29) is 17.3 Å². The lowest BCUT2D eigenvalue weighted by Gasteiger charge is -2.02. The number of carbonyl (C=O) groups excluding carboxylic acids is 1. The molecule has 6 heteroatoms. The molecule has 6 nitrogen and oxygen atoms in total. The number of aromatic amines is 2. The van der Waals surface area contributed by atoms with Crippen molar-refractivity contribution in [2.45, 2.75) is 6.92 Å². The Morgan fingerprint density at radius 3 is 2.74 bits per heavy atom. The number of benzene rings is 1. The third kappa shape index (κ3) is 2.03. The minimum absolute atomic E-state index is 0.181. The molecule has 3 aromatic rings. The summed E-state index contributed by atoms with van der Waals surface area (Å²) in [5, 5.41) is 0. The molecule has 0 bridgehead atoms. The van der Waals surface area contributed by atoms with Crippen LogP contribution in [0.25, 0.3) is 22.3 Å². The zero-order chi connectivity index (χ0) is 13.4. The Labute approximate surface area is 107 Å². The van der Waals surface area contributed by atoms with Gasteiger partial charge >= 0.3 is 5.69 Å². The summed E-state index contributed by atoms with van der Waals surface area (Å²) in [6.07, 6.45) is 1.54. The molecule has 2 aromatic heterocycles. The van der Waals surface area contributed by atoms with Crippen molar-refractivity contribution >= 4 is 16.8 Å². The van der Waals surface area contributed by atoms with Crippen LogP contribution >= 0.6 is 0 Å². The molecule has 0 aliphatic carbocycles. The fourth-order valence-corrected chi connectivity index (χ4v) is 1.88. The number of fused-ring (bicyclic) bond motifs is 1. The zero-order valence-corrected chi connectivity index (χ0v) is 10.1. The predicted molar refractivity (Wildman–Crippen MR) is 69.9 cm³/mol. The van der Waals surface area contributed by atoms with Gasteiger partial charge in [0.05, 0.1) is 16.7 Å². The first-order valence-corrected chi connectivity index (χ1v) is 5.70. The van der Waals surface area contributed by atoms with Gasteiger partial charge in [0, 0.05) is 18.7 Å². The summed E-state index contributed by atoms with van der Waals surface area (Å²) in [4.78, 5) is 35.9. The highest BCUT2D eigenvalue weighted by molar-refractivity contribution is 5.90. The number of nitrogens with zero attached hydrogens (tertiary/aromatic N) is 2. The normalized spacial score (nSPS) is 10.8. The number of rotatable bonds is 2. The van der Waals surface area contributed by atoms with Gasteiger partial charge < -0.3 is 9.97 Å². The molecule has 0 spiro atoms. The van der Waals surface area contributed by atoms with E-state index in [4.69, 9.17) is 0 Å². The van der Waals surface area contributed by atoms with Crippen molar-refractivity contribution in [1.82, 2.24) is 19.9 Å². The molecule has 0 radical (unpaired) electrons. The average Bonchev–Trinajstić information content (AvgIpc) is 2.77. The van der Waals surface area contributed by atoms with E-state index >= 15 is 0 Å². The summed E-state index contributed by atoms with van der Waals surface area (Å²) < 4.78 is 0. The SMILES string of the molecule is CC(=O)c1nccc(-c2ccc3[nH]c(=O)[nH]c3c2)n1. The maximum atomic E-state index is 11.3. The molecule has 19 heavy (non-hydrogen) atoms. The maximum absolute atomic E-state index is 11.3. The quantitative estimate of drug-likeness (QED) is 0.678. The minimum atomic E-state index is -0.251. The van der Waals surface area contributed by atoms with Crippen LogP contribution in [0.1, 0.15) is 17.5 Å². The lowest BCUT2D eigenvalue weighted by molar-refractivity contribution is 0.100. The molecule has 0 aliphatic rings. The van der Waals surface area contributed by atoms with E-state index in [1.807, 2.05) is 6.07 Å². The van der Waals surface area contributed by atoms with Gasteiger partial charge in [-0.1, -0.05) is 6.07 Å². The van der Waals surface area contributed by atoms with Crippen LogP contribution in [0.5, 0.6) is 0 Å². The number of nitrogens with one attached hydrogen (secondary N) is 2. The molecule has 0 saturated heterocycles. The van der Waals surface area contributed by atoms with Crippen LogP contribution in [0.3, 0.4) is 0 Å². The van der Waals surface area contributed by atoms with Gasteiger partial charge in [-0.25, -0.2) is 14.8 Å². The topological polar surface area (TPSA) is 91.5 Å². The van der Waals surface area contributed by atoms with E-state index in [1.165, 1.54) is 6.92 Å². The number of hydrogen-bond acceptors (Lipinski definition) is 4. The number of ketones is 1. The van der Waals surface area contributed by atoms with Gasteiger partial charge in [-0.2, -0.15) is 0 Å². The Morgan fingerprint density at radius 1 is 1.16 bits per heavy atom. The smallest absolute Gasteiger partial charge is 0.306 e. The van der Waals surface area contributed by atoms with Crippen molar-refractivity contribution in [1.29, 1.82) is 0 Å². The molecule has 0 aliphatic heterocycles. The van der Waals surface area contributed by atoms with Crippen molar-refractivity contribution in [3.05, 3.63) is 46.8 Å². The molecule has 3 rings (SSSR count). The number of carbonyl (C=O) groups is 1. The van der Waals surface area contributed by atoms with Crippen molar-refractivity contribution in [3.8, 4) is 11.3 Å². The number of hydrogen-bond donors (Lipinski definition) is 2. The van der Waals surface area contributed by atoms with Gasteiger partial charge in [0.25, 0.3) is 0 Å². The molecule has 0 saturated carbocycles. The second-order valence-electron chi connectivity index (χ2n) is 4.16. The van der Waals surface area contributed by atoms with Crippen LogP contribution in [-0.2, 0) is 0 Å². The zero-order valence-electron chi connectivity index (χ0n) is 10.1. The van der Waals surface area contributed by atoms with E-state index < -0.39 is 0 Å². The number of imidazole rings is 1. The lowest BCUT2D eigenvalue weighted by Crippen LogP contribution is -2.01. The van der Waals surface area contributed by atoms with Crippen molar-refractivity contribution < 1.29 is 4.79 Å². The van der Waals surface area contributed by atoms with E-state index in [2.05, 4.69) is 19.9 Å². The van der Waals surface area contributed by atoms with Crippen LogP contribution in [0.15, 0.2) is 35.3 Å². The first kappa shape index (κ1) is 11.3. The molecule has 94 valence electrons. The molecular formula is C13H10N4O2. The second kappa shape index (κ2) is 4.16. The van der Waals surface area contributed by atoms with Gasteiger partial charge in [-0.15, -0.1) is 0 Å². The van der Waals surface area contributed by atoms with Gasteiger partial charge in [-0.05, 0) is 18.2 Å². The highest BCUT2D eigenvalue weighted by Gasteiger charge is 2.07. The number of H-pyrrole nitrogens is 2. The van der Waals surface area contributed by atoms with Crippen LogP contribution in [0, 0.1) is 0 Å². The number of aromatic nitrogens is 4. The highest BCUT2D eigenvalue weighted by atomic mass is 16.1. The summed E-state index contributed by atoms with van der Waals surface area (Å²) in [5.41, 5.74) is 2.64. The van der Waals surface area contributed by atoms with Crippen LogP contribution in [-0.4, -0.2) is 25.7 Å². The molecule has 0 unspecified atom stereocenters. The molecule has 0 atom stereocenters. The predicted octanol–water partition coefficient (Wildman–Crippen LogP) is 1.52. The van der Waals surface area contributed by atoms with Crippen LogP contribution in [0.4, 0.5) is 0 Å². The van der Waals surface area contributed by atoms with Crippen molar-refractivity contribution in [3.63, 3.8) is 0 Å². The Bertz CT molecular complexity index is 832. The molecule has 2 N–H and O–H groups in total. The Hall–Kier alpha value is -2.76. The van der Waals surface area contributed by atoms with Crippen molar-refractivity contribution in [2.24, 2.45) is 0 Å².